The van der Waals surface area contributed by atoms with Crippen molar-refractivity contribution in [1.29, 1.82) is 0 Å². The molecule has 0 unspecified atom stereocenters. The fraction of sp³-hybridized carbons (Fsp3) is 0.278. The Balaban J connectivity index is 1.39. The Hall–Kier alpha value is -2.16. The lowest BCUT2D eigenvalue weighted by Crippen LogP contribution is -2.25. The Bertz CT molecular complexity index is 1040. The minimum absolute atomic E-state index is 0.295. The molecule has 0 atom stereocenters. The number of nitrogens with one attached hydrogen (secondary N) is 1. The standard InChI is InChI=1S/C18H19N3O3S2/c1-21-12-14(11-19-21)18-5-2-15(25-18)6-8-20-26(22,23)16-3-4-17-13(10-16)7-9-24-17/h2-5,10-12,20H,6-9H2,1H3. The summed E-state index contributed by atoms with van der Waals surface area (Å²) in [5.74, 6) is 0.783. The minimum atomic E-state index is -3.51. The highest BCUT2D eigenvalue weighted by Gasteiger charge is 2.19. The molecule has 4 rings (SSSR count). The van der Waals surface area contributed by atoms with E-state index in [0.29, 0.717) is 24.5 Å². The Morgan fingerprint density at radius 1 is 1.31 bits per heavy atom. The predicted molar refractivity (Wildman–Crippen MR) is 101 cm³/mol. The molecule has 26 heavy (non-hydrogen) atoms. The molecular formula is C18H19N3O3S2. The molecule has 0 fully saturated rings. The third kappa shape index (κ3) is 3.53. The van der Waals surface area contributed by atoms with Crippen LogP contribution in [0.2, 0.25) is 0 Å². The summed E-state index contributed by atoms with van der Waals surface area (Å²) in [6.45, 7) is 0.979. The van der Waals surface area contributed by atoms with E-state index in [0.717, 1.165) is 33.1 Å². The average molecular weight is 390 g/mol. The van der Waals surface area contributed by atoms with Gasteiger partial charge in [0.2, 0.25) is 10.0 Å². The molecule has 8 heteroatoms. The molecule has 1 aliphatic rings. The molecule has 0 radical (unpaired) electrons. The van der Waals surface area contributed by atoms with Crippen LogP contribution in [0.4, 0.5) is 0 Å². The number of ether oxygens (including phenoxy) is 1. The maximum absolute atomic E-state index is 12.5. The van der Waals surface area contributed by atoms with Crippen molar-refractivity contribution < 1.29 is 13.2 Å². The van der Waals surface area contributed by atoms with E-state index in [1.807, 2.05) is 31.6 Å². The lowest BCUT2D eigenvalue weighted by atomic mass is 10.2. The Morgan fingerprint density at radius 3 is 3.00 bits per heavy atom. The summed E-state index contributed by atoms with van der Waals surface area (Å²) in [5, 5.41) is 4.18. The van der Waals surface area contributed by atoms with Gasteiger partial charge in [-0.2, -0.15) is 5.10 Å². The van der Waals surface area contributed by atoms with Crippen molar-refractivity contribution >= 4 is 21.4 Å². The summed E-state index contributed by atoms with van der Waals surface area (Å²) in [6.07, 6.45) is 5.20. The van der Waals surface area contributed by atoms with E-state index in [1.54, 1.807) is 34.2 Å². The first-order valence-corrected chi connectivity index (χ1v) is 10.6. The first kappa shape index (κ1) is 17.3. The number of thiophene rings is 1. The van der Waals surface area contributed by atoms with Crippen LogP contribution in [0.5, 0.6) is 5.75 Å². The van der Waals surface area contributed by atoms with E-state index < -0.39 is 10.0 Å². The van der Waals surface area contributed by atoms with Gasteiger partial charge in [0.05, 0.1) is 17.7 Å². The molecule has 0 amide bonds. The second-order valence-corrected chi connectivity index (χ2v) is 9.12. The van der Waals surface area contributed by atoms with Crippen LogP contribution in [0.1, 0.15) is 10.4 Å². The van der Waals surface area contributed by atoms with Crippen LogP contribution in [-0.2, 0) is 29.9 Å². The first-order chi connectivity index (χ1) is 12.5. The Kier molecular flexibility index (Phi) is 4.56. The number of hydrogen-bond donors (Lipinski definition) is 1. The third-order valence-electron chi connectivity index (χ3n) is 4.29. The van der Waals surface area contributed by atoms with Gasteiger partial charge in [-0.1, -0.05) is 0 Å². The van der Waals surface area contributed by atoms with Crippen LogP contribution >= 0.6 is 11.3 Å². The molecule has 0 spiro atoms. The summed E-state index contributed by atoms with van der Waals surface area (Å²) in [5.41, 5.74) is 2.02. The first-order valence-electron chi connectivity index (χ1n) is 8.34. The van der Waals surface area contributed by atoms with Crippen molar-refractivity contribution in [2.24, 2.45) is 7.05 Å². The second kappa shape index (κ2) is 6.86. The van der Waals surface area contributed by atoms with Gasteiger partial charge in [-0.15, -0.1) is 11.3 Å². The van der Waals surface area contributed by atoms with Gasteiger partial charge in [0.1, 0.15) is 5.75 Å². The Labute approximate surface area is 156 Å². The van der Waals surface area contributed by atoms with Gasteiger partial charge >= 0.3 is 0 Å². The van der Waals surface area contributed by atoms with E-state index in [4.69, 9.17) is 4.74 Å². The molecule has 6 nitrogen and oxygen atoms in total. The van der Waals surface area contributed by atoms with E-state index in [9.17, 15) is 8.42 Å². The lowest BCUT2D eigenvalue weighted by Gasteiger charge is -2.07. The number of sulfonamides is 1. The molecule has 1 N–H and O–H groups in total. The van der Waals surface area contributed by atoms with Crippen molar-refractivity contribution in [3.05, 3.63) is 53.2 Å². The SMILES string of the molecule is Cn1cc(-c2ccc(CCNS(=O)(=O)c3ccc4c(c3)CCO4)s2)cn1. The van der Waals surface area contributed by atoms with Crippen molar-refractivity contribution in [2.75, 3.05) is 13.2 Å². The second-order valence-electron chi connectivity index (χ2n) is 6.18. The molecule has 1 aromatic carbocycles. The quantitative estimate of drug-likeness (QED) is 0.703. The van der Waals surface area contributed by atoms with Gasteiger partial charge in [0, 0.05) is 41.5 Å². The molecule has 136 valence electrons. The highest BCUT2D eigenvalue weighted by atomic mass is 32.2. The van der Waals surface area contributed by atoms with E-state index in [1.165, 1.54) is 0 Å². The summed E-state index contributed by atoms with van der Waals surface area (Å²) >= 11 is 1.66. The van der Waals surface area contributed by atoms with Gasteiger partial charge in [-0.25, -0.2) is 13.1 Å². The molecule has 0 aliphatic carbocycles. The number of nitrogens with zero attached hydrogens (tertiary/aromatic N) is 2. The molecule has 0 bridgehead atoms. The predicted octanol–water partition coefficient (Wildman–Crippen LogP) is 2.60. The number of hydrogen-bond acceptors (Lipinski definition) is 5. The van der Waals surface area contributed by atoms with Crippen LogP contribution in [0.25, 0.3) is 10.4 Å². The molecule has 1 aliphatic heterocycles. The van der Waals surface area contributed by atoms with Crippen molar-refractivity contribution in [2.45, 2.75) is 17.7 Å². The highest BCUT2D eigenvalue weighted by Crippen LogP contribution is 2.29. The van der Waals surface area contributed by atoms with Gasteiger partial charge < -0.3 is 4.74 Å². The largest absolute Gasteiger partial charge is 0.493 e. The summed E-state index contributed by atoms with van der Waals surface area (Å²) < 4.78 is 34.9. The van der Waals surface area contributed by atoms with Crippen molar-refractivity contribution in [1.82, 2.24) is 14.5 Å². The van der Waals surface area contributed by atoms with Crippen LogP contribution in [0.15, 0.2) is 47.6 Å². The van der Waals surface area contributed by atoms with E-state index in [2.05, 4.69) is 9.82 Å². The maximum atomic E-state index is 12.5. The number of rotatable bonds is 6. The van der Waals surface area contributed by atoms with E-state index >= 15 is 0 Å². The average Bonchev–Trinajstić information content (AvgIpc) is 3.33. The van der Waals surface area contributed by atoms with Gasteiger partial charge in [0.15, 0.2) is 0 Å². The topological polar surface area (TPSA) is 73.2 Å². The van der Waals surface area contributed by atoms with Gasteiger partial charge in [-0.05, 0) is 42.3 Å². The van der Waals surface area contributed by atoms with Crippen molar-refractivity contribution in [3.8, 4) is 16.2 Å². The van der Waals surface area contributed by atoms with Crippen molar-refractivity contribution in [3.63, 3.8) is 0 Å². The molecular weight excluding hydrogens is 370 g/mol. The maximum Gasteiger partial charge on any atom is 0.240 e. The third-order valence-corrected chi connectivity index (χ3v) is 6.94. The van der Waals surface area contributed by atoms with Crippen LogP contribution in [0.3, 0.4) is 0 Å². The van der Waals surface area contributed by atoms with Gasteiger partial charge in [0.25, 0.3) is 0 Å². The molecule has 2 aromatic heterocycles. The molecule has 3 aromatic rings. The smallest absolute Gasteiger partial charge is 0.240 e. The highest BCUT2D eigenvalue weighted by molar-refractivity contribution is 7.89. The monoisotopic (exact) mass is 389 g/mol. The van der Waals surface area contributed by atoms with Gasteiger partial charge in [-0.3, -0.25) is 4.68 Å². The molecule has 3 heterocycles. The zero-order valence-corrected chi connectivity index (χ0v) is 15.9. The minimum Gasteiger partial charge on any atom is -0.493 e. The lowest BCUT2D eigenvalue weighted by molar-refractivity contribution is 0.356. The normalized spacial score (nSPS) is 13.6. The fourth-order valence-corrected chi connectivity index (χ4v) is 5.00. The number of aryl methyl sites for hydroxylation is 1. The summed E-state index contributed by atoms with van der Waals surface area (Å²) in [6, 6.07) is 9.12. The molecule has 0 saturated heterocycles. The number of aromatic nitrogens is 2. The summed E-state index contributed by atoms with van der Waals surface area (Å²) in [7, 11) is -1.62. The van der Waals surface area contributed by atoms with E-state index in [-0.39, 0.29) is 0 Å². The zero-order chi connectivity index (χ0) is 18.1. The summed E-state index contributed by atoms with van der Waals surface area (Å²) in [4.78, 5) is 2.56. The Morgan fingerprint density at radius 2 is 2.19 bits per heavy atom. The van der Waals surface area contributed by atoms with Crippen LogP contribution in [0, 0.1) is 0 Å². The number of benzene rings is 1. The zero-order valence-electron chi connectivity index (χ0n) is 14.3. The fourth-order valence-electron chi connectivity index (χ4n) is 2.94. The number of fused-ring (bicyclic) bond motifs is 1. The molecule has 0 saturated carbocycles. The van der Waals surface area contributed by atoms with Crippen LogP contribution < -0.4 is 9.46 Å². The van der Waals surface area contributed by atoms with Crippen LogP contribution in [-0.4, -0.2) is 31.3 Å².